The molecule has 0 atom stereocenters. The normalized spacial score (nSPS) is 9.00. The van der Waals surface area contributed by atoms with Crippen molar-refractivity contribution < 1.29 is 13.5 Å². The van der Waals surface area contributed by atoms with E-state index >= 15 is 0 Å². The van der Waals surface area contributed by atoms with Crippen molar-refractivity contribution in [3.63, 3.8) is 0 Å². The minimum Gasteiger partial charge on any atom is -0.491 e. The fourth-order valence-electron chi connectivity index (χ4n) is 1.01. The molecule has 0 amide bonds. The van der Waals surface area contributed by atoms with Gasteiger partial charge in [0.25, 0.3) is 0 Å². The van der Waals surface area contributed by atoms with Crippen LogP contribution in [-0.2, 0) is 6.42 Å². The van der Waals surface area contributed by atoms with Gasteiger partial charge in [0.15, 0.2) is 17.4 Å². The zero-order valence-corrected chi connectivity index (χ0v) is 9.03. The minimum absolute atomic E-state index is 0.313. The molecule has 0 radical (unpaired) electrons. The third-order valence-corrected chi connectivity index (χ3v) is 1.67. The predicted octanol–water partition coefficient (Wildman–Crippen LogP) is 3.56. The molecule has 0 unspecified atom stereocenters. The Bertz CT molecular complexity index is 262. The van der Waals surface area contributed by atoms with Crippen molar-refractivity contribution in [1.29, 1.82) is 0 Å². The van der Waals surface area contributed by atoms with Crippen LogP contribution in [-0.4, -0.2) is 7.11 Å². The molecule has 14 heavy (non-hydrogen) atoms. The molecule has 0 N–H and O–H groups in total. The molecule has 0 aliphatic rings. The van der Waals surface area contributed by atoms with Gasteiger partial charge >= 0.3 is 0 Å². The van der Waals surface area contributed by atoms with Gasteiger partial charge in [0, 0.05) is 0 Å². The number of hydrogen-bond donors (Lipinski definition) is 0. The summed E-state index contributed by atoms with van der Waals surface area (Å²) in [5, 5.41) is 0. The highest BCUT2D eigenvalue weighted by atomic mass is 19.1. The van der Waals surface area contributed by atoms with Crippen LogP contribution in [0.4, 0.5) is 8.78 Å². The van der Waals surface area contributed by atoms with E-state index in [4.69, 9.17) is 0 Å². The first kappa shape index (κ1) is 12.9. The summed E-state index contributed by atoms with van der Waals surface area (Å²) in [5.74, 6) is -1.60. The number of rotatable bonds is 2. The van der Waals surface area contributed by atoms with E-state index in [1.54, 1.807) is 0 Å². The largest absolute Gasteiger partial charge is 0.491 e. The molecule has 1 nitrogen and oxygen atoms in total. The number of aryl methyl sites for hydroxylation is 1. The highest BCUT2D eigenvalue weighted by Crippen LogP contribution is 2.22. The second-order valence-corrected chi connectivity index (χ2v) is 2.45. The Morgan fingerprint density at radius 2 is 1.57 bits per heavy atom. The smallest absolute Gasteiger partial charge is 0.190 e. The molecule has 80 valence electrons. The zero-order chi connectivity index (χ0) is 11.1. The Kier molecular flexibility index (Phi) is 5.84. The molecule has 0 fully saturated rings. The number of ether oxygens (including phenoxy) is 1. The molecule has 0 saturated heterocycles. The molecule has 0 heterocycles. The van der Waals surface area contributed by atoms with E-state index in [2.05, 4.69) is 4.74 Å². The summed E-state index contributed by atoms with van der Waals surface area (Å²) in [4.78, 5) is 0. The van der Waals surface area contributed by atoms with Gasteiger partial charge in [0.1, 0.15) is 0 Å². The Labute approximate surface area is 83.7 Å². The van der Waals surface area contributed by atoms with Crippen molar-refractivity contribution in [2.75, 3.05) is 7.11 Å². The van der Waals surface area contributed by atoms with Gasteiger partial charge in [0.2, 0.25) is 0 Å². The average molecular weight is 202 g/mol. The lowest BCUT2D eigenvalue weighted by Crippen LogP contribution is -1.94. The van der Waals surface area contributed by atoms with Crippen LogP contribution in [0.2, 0.25) is 0 Å². The molecular formula is C11H16F2O. The zero-order valence-electron chi connectivity index (χ0n) is 9.03. The fraction of sp³-hybridized carbons (Fsp3) is 0.455. The lowest BCUT2D eigenvalue weighted by atomic mass is 10.1. The van der Waals surface area contributed by atoms with Gasteiger partial charge in [0.05, 0.1) is 7.11 Å². The molecule has 1 rings (SSSR count). The van der Waals surface area contributed by atoms with Crippen LogP contribution in [0.25, 0.3) is 0 Å². The molecule has 0 aliphatic heterocycles. The van der Waals surface area contributed by atoms with Gasteiger partial charge < -0.3 is 4.74 Å². The van der Waals surface area contributed by atoms with Gasteiger partial charge in [-0.25, -0.2) is 8.78 Å². The van der Waals surface area contributed by atoms with Crippen molar-refractivity contribution in [3.05, 3.63) is 29.3 Å². The summed E-state index contributed by atoms with van der Waals surface area (Å²) >= 11 is 0. The summed E-state index contributed by atoms with van der Waals surface area (Å²) < 4.78 is 30.4. The van der Waals surface area contributed by atoms with Crippen molar-refractivity contribution in [1.82, 2.24) is 0 Å². The minimum atomic E-state index is -0.644. The van der Waals surface area contributed by atoms with Crippen LogP contribution < -0.4 is 4.74 Å². The average Bonchev–Trinajstić information content (AvgIpc) is 2.20. The maximum Gasteiger partial charge on any atom is 0.190 e. The second kappa shape index (κ2) is 6.35. The molecule has 0 spiro atoms. The van der Waals surface area contributed by atoms with Crippen molar-refractivity contribution in [2.24, 2.45) is 0 Å². The molecule has 1 aromatic rings. The van der Waals surface area contributed by atoms with E-state index in [9.17, 15) is 8.78 Å². The first-order valence-electron chi connectivity index (χ1n) is 4.71. The topological polar surface area (TPSA) is 9.23 Å². The molecular weight excluding hydrogens is 186 g/mol. The van der Waals surface area contributed by atoms with Crippen LogP contribution in [0.1, 0.15) is 26.3 Å². The Balaban J connectivity index is 0.000000791. The Morgan fingerprint density at radius 1 is 1.14 bits per heavy atom. The van der Waals surface area contributed by atoms with E-state index in [-0.39, 0.29) is 5.75 Å². The van der Waals surface area contributed by atoms with Gasteiger partial charge in [-0.2, -0.15) is 0 Å². The van der Waals surface area contributed by atoms with Crippen molar-refractivity contribution in [2.45, 2.75) is 27.2 Å². The van der Waals surface area contributed by atoms with Crippen LogP contribution in [0.3, 0.4) is 0 Å². The molecule has 0 bridgehead atoms. The van der Waals surface area contributed by atoms with Gasteiger partial charge in [-0.15, -0.1) is 0 Å². The quantitative estimate of drug-likeness (QED) is 0.712. The van der Waals surface area contributed by atoms with Crippen LogP contribution >= 0.6 is 0 Å². The van der Waals surface area contributed by atoms with E-state index in [1.807, 2.05) is 20.8 Å². The maximum atomic E-state index is 12.9. The summed E-state index contributed by atoms with van der Waals surface area (Å²) in [7, 11) is 1.24. The summed E-state index contributed by atoms with van der Waals surface area (Å²) in [6.07, 6.45) is 0.609. The highest BCUT2D eigenvalue weighted by molar-refractivity contribution is 5.31. The Hall–Kier alpha value is -1.12. The van der Waals surface area contributed by atoms with Crippen LogP contribution in [0.15, 0.2) is 12.1 Å². The third kappa shape index (κ3) is 2.98. The SMILES string of the molecule is CC.CCc1cc(F)c(OC)c(F)c1. The first-order valence-corrected chi connectivity index (χ1v) is 4.71. The summed E-state index contributed by atoms with van der Waals surface area (Å²) in [5.41, 5.74) is 0.630. The summed E-state index contributed by atoms with van der Waals surface area (Å²) in [6, 6.07) is 2.56. The van der Waals surface area contributed by atoms with Gasteiger partial charge in [-0.3, -0.25) is 0 Å². The van der Waals surface area contributed by atoms with Crippen LogP contribution in [0.5, 0.6) is 5.75 Å². The number of hydrogen-bond acceptors (Lipinski definition) is 1. The first-order chi connectivity index (χ1) is 6.69. The molecule has 0 aliphatic carbocycles. The Morgan fingerprint density at radius 3 is 1.86 bits per heavy atom. The van der Waals surface area contributed by atoms with Gasteiger partial charge in [-0.1, -0.05) is 20.8 Å². The maximum absolute atomic E-state index is 12.9. The highest BCUT2D eigenvalue weighted by Gasteiger charge is 2.09. The van der Waals surface area contributed by atoms with Crippen LogP contribution in [0, 0.1) is 11.6 Å². The molecule has 0 saturated carbocycles. The van der Waals surface area contributed by atoms with Crippen molar-refractivity contribution >= 4 is 0 Å². The predicted molar refractivity (Wildman–Crippen MR) is 53.6 cm³/mol. The lowest BCUT2D eigenvalue weighted by molar-refractivity contribution is 0.359. The van der Waals surface area contributed by atoms with E-state index in [0.717, 1.165) is 0 Å². The van der Waals surface area contributed by atoms with Crippen molar-refractivity contribution in [3.8, 4) is 5.75 Å². The number of methoxy groups -OCH3 is 1. The van der Waals surface area contributed by atoms with E-state index < -0.39 is 11.6 Å². The summed E-state index contributed by atoms with van der Waals surface area (Å²) in [6.45, 7) is 5.83. The fourth-order valence-corrected chi connectivity index (χ4v) is 1.01. The monoisotopic (exact) mass is 202 g/mol. The van der Waals surface area contributed by atoms with Gasteiger partial charge in [-0.05, 0) is 24.1 Å². The number of halogens is 2. The molecule has 3 heteroatoms. The van der Waals surface area contributed by atoms with E-state index in [0.29, 0.717) is 12.0 Å². The standard InChI is InChI=1S/C9H10F2O.C2H6/c1-3-6-4-7(10)9(12-2)8(11)5-6;1-2/h4-5H,3H2,1-2H3;1-2H3. The number of benzene rings is 1. The van der Waals surface area contributed by atoms with E-state index in [1.165, 1.54) is 19.2 Å². The molecule has 1 aromatic carbocycles. The second-order valence-electron chi connectivity index (χ2n) is 2.45. The lowest BCUT2D eigenvalue weighted by Gasteiger charge is -2.04. The molecule has 0 aromatic heterocycles. The third-order valence-electron chi connectivity index (χ3n) is 1.67.